The number of benzene rings is 2. The van der Waals surface area contributed by atoms with Crippen molar-refractivity contribution >= 4 is 60.8 Å². The molecule has 0 radical (unpaired) electrons. The molecule has 1 amide bonds. The van der Waals surface area contributed by atoms with Gasteiger partial charge in [0.2, 0.25) is 0 Å². The van der Waals surface area contributed by atoms with E-state index in [2.05, 4.69) is 31.8 Å². The number of likely N-dealkylation sites (tertiary alicyclic amines) is 1. The fourth-order valence-electron chi connectivity index (χ4n) is 11.0. The van der Waals surface area contributed by atoms with Gasteiger partial charge in [0.25, 0.3) is 0 Å². The smallest absolute Gasteiger partial charge is 0.346 e. The Morgan fingerprint density at radius 3 is 2.70 bits per heavy atom. The molecule has 60 heavy (non-hydrogen) atoms. The van der Waals surface area contributed by atoms with Gasteiger partial charge in [0.1, 0.15) is 47.3 Å². The first-order valence-corrected chi connectivity index (χ1v) is 21.3. The molecule has 3 aromatic heterocycles. The van der Waals surface area contributed by atoms with Gasteiger partial charge in [0.15, 0.2) is 5.82 Å². The quantitative estimate of drug-likeness (QED) is 0.156. The third-order valence-electron chi connectivity index (χ3n) is 13.8. The SMILES string of the molecule is COCC1([C@H]2N(C(=O)n3cnc(F)n3)C[C@]23CC[C@H](C)N(c2nc(OC[C@@]45CCCN4C[C@H](F)C5)nc4c(F)c(-c5ccc(F)c6sc(N)c(C#N)c56)c(Cl)cc24)C3)CC1. The summed E-state index contributed by atoms with van der Waals surface area (Å²) in [6.07, 6.45) is 4.12. The minimum Gasteiger partial charge on any atom is -0.461 e. The molecular formula is C41H41ClF4N10O3S. The van der Waals surface area contributed by atoms with E-state index in [1.807, 2.05) is 6.07 Å². The van der Waals surface area contributed by atoms with Crippen molar-refractivity contribution in [3.63, 3.8) is 0 Å². The lowest BCUT2D eigenvalue weighted by Gasteiger charge is -2.64. The number of alkyl halides is 1. The number of nitrogens with two attached hydrogens (primary N) is 1. The fraction of sp³-hybridized carbons (Fsp3) is 0.512. The first-order valence-electron chi connectivity index (χ1n) is 20.1. The van der Waals surface area contributed by atoms with E-state index < -0.39 is 40.9 Å². The van der Waals surface area contributed by atoms with Crippen LogP contribution in [0.25, 0.3) is 32.1 Å². The van der Waals surface area contributed by atoms with Crippen LogP contribution in [-0.2, 0) is 4.74 Å². The van der Waals surface area contributed by atoms with Crippen molar-refractivity contribution in [1.82, 2.24) is 34.5 Å². The van der Waals surface area contributed by atoms with Gasteiger partial charge in [-0.1, -0.05) is 17.7 Å². The Hall–Kier alpha value is -4.83. The lowest BCUT2D eigenvalue weighted by Crippen LogP contribution is -2.75. The maximum absolute atomic E-state index is 17.6. The summed E-state index contributed by atoms with van der Waals surface area (Å²) in [5.74, 6) is -1.07. The number of nitriles is 1. The van der Waals surface area contributed by atoms with Gasteiger partial charge in [-0.15, -0.1) is 16.4 Å². The molecule has 5 aliphatic rings. The third-order valence-corrected chi connectivity index (χ3v) is 15.1. The highest BCUT2D eigenvalue weighted by atomic mass is 35.5. The topological polar surface area (TPSA) is 152 Å². The highest BCUT2D eigenvalue weighted by Crippen LogP contribution is 2.63. The van der Waals surface area contributed by atoms with Crippen LogP contribution < -0.4 is 15.4 Å². The number of halogens is 5. The van der Waals surface area contributed by atoms with Crippen LogP contribution in [0.3, 0.4) is 0 Å². The maximum atomic E-state index is 17.6. The average Bonchev–Trinajstić information content (AvgIpc) is 3.48. The van der Waals surface area contributed by atoms with Gasteiger partial charge in [-0.2, -0.15) is 29.3 Å². The number of hydrogen-bond donors (Lipinski definition) is 1. The van der Waals surface area contributed by atoms with E-state index in [0.29, 0.717) is 50.3 Å². The lowest BCUT2D eigenvalue weighted by atomic mass is 9.60. The van der Waals surface area contributed by atoms with Gasteiger partial charge in [-0.3, -0.25) is 4.90 Å². The molecule has 2 N–H and O–H groups in total. The number of amides is 1. The third kappa shape index (κ3) is 5.93. The predicted molar refractivity (Wildman–Crippen MR) is 216 cm³/mol. The number of thiophene rings is 1. The van der Waals surface area contributed by atoms with Crippen molar-refractivity contribution < 1.29 is 31.8 Å². The van der Waals surface area contributed by atoms with Crippen LogP contribution >= 0.6 is 22.9 Å². The molecule has 4 aliphatic heterocycles. The number of rotatable bonds is 8. The van der Waals surface area contributed by atoms with Crippen LogP contribution in [0.5, 0.6) is 6.01 Å². The molecule has 5 atom stereocenters. The molecule has 314 valence electrons. The minimum absolute atomic E-state index is 0.0152. The van der Waals surface area contributed by atoms with Gasteiger partial charge in [-0.05, 0) is 69.7 Å². The standard InChI is InChI=1S/C41H41ClF4N10O3S/c1-21-6-8-40(17-55(35(40)39(9-10-39)18-58-2)38(57)56-20-49-36(46)52-56)16-54(21)34-24-12-26(42)29(23-4-5-27(44)32-28(23)25(14-47)33(48)60-32)30(45)31(24)50-37(51-34)59-19-41-7-3-11-53(41)15-22(43)13-41/h4-5,12,20-22,35H,3,6-11,13,15-19,48H2,1-2H3/t21-,22+,35+,40+,41-/m0/s1. The number of ether oxygens (including phenoxy) is 2. The Labute approximate surface area is 351 Å². The summed E-state index contributed by atoms with van der Waals surface area (Å²) < 4.78 is 74.5. The molecule has 19 heteroatoms. The zero-order chi connectivity index (χ0) is 41.9. The number of aromatic nitrogens is 5. The van der Waals surface area contributed by atoms with Crippen molar-refractivity contribution in [2.75, 3.05) is 57.1 Å². The van der Waals surface area contributed by atoms with Crippen molar-refractivity contribution in [3.05, 3.63) is 52.8 Å². The molecule has 13 nitrogen and oxygen atoms in total. The number of anilines is 2. The largest absolute Gasteiger partial charge is 0.461 e. The lowest BCUT2D eigenvalue weighted by molar-refractivity contribution is -0.106. The van der Waals surface area contributed by atoms with Crippen LogP contribution in [0.4, 0.5) is 33.2 Å². The number of nitrogens with zero attached hydrogens (tertiary/aromatic N) is 9. The molecule has 4 saturated heterocycles. The number of fused-ring (bicyclic) bond motifs is 3. The van der Waals surface area contributed by atoms with Crippen molar-refractivity contribution in [2.45, 2.75) is 75.7 Å². The van der Waals surface area contributed by atoms with E-state index in [1.165, 1.54) is 12.1 Å². The van der Waals surface area contributed by atoms with E-state index in [9.17, 15) is 18.8 Å². The van der Waals surface area contributed by atoms with Gasteiger partial charge < -0.3 is 25.0 Å². The van der Waals surface area contributed by atoms with Crippen LogP contribution in [0.2, 0.25) is 5.02 Å². The number of hydrogen-bond acceptors (Lipinski definition) is 12. The second kappa shape index (κ2) is 14.1. The second-order valence-corrected chi connectivity index (χ2v) is 18.8. The van der Waals surface area contributed by atoms with Crippen molar-refractivity contribution in [2.24, 2.45) is 10.8 Å². The Balaban J connectivity index is 1.10. The number of carbonyl (C=O) groups excluding carboxylic acids is 1. The Kier molecular flexibility index (Phi) is 9.25. The van der Waals surface area contributed by atoms with Gasteiger partial charge in [0, 0.05) is 66.4 Å². The second-order valence-electron chi connectivity index (χ2n) is 17.3. The fourth-order valence-corrected chi connectivity index (χ4v) is 12.3. The first-order chi connectivity index (χ1) is 28.8. The highest BCUT2D eigenvalue weighted by molar-refractivity contribution is 7.23. The van der Waals surface area contributed by atoms with Gasteiger partial charge >= 0.3 is 18.1 Å². The molecule has 5 aromatic rings. The Morgan fingerprint density at radius 2 is 1.97 bits per heavy atom. The van der Waals surface area contributed by atoms with E-state index in [-0.39, 0.29) is 72.4 Å². The van der Waals surface area contributed by atoms with Crippen molar-refractivity contribution in [3.8, 4) is 23.2 Å². The first kappa shape index (κ1) is 39.3. The molecule has 1 saturated carbocycles. The van der Waals surface area contributed by atoms with Crippen LogP contribution in [0.1, 0.15) is 57.4 Å². The van der Waals surface area contributed by atoms with Crippen LogP contribution in [-0.4, -0.2) is 111 Å². The molecular weight excluding hydrogens is 824 g/mol. The summed E-state index contributed by atoms with van der Waals surface area (Å²) in [5.41, 5.74) is 4.79. The monoisotopic (exact) mass is 864 g/mol. The Morgan fingerprint density at radius 1 is 1.15 bits per heavy atom. The molecule has 10 rings (SSSR count). The number of carbonyl (C=O) groups is 1. The summed E-state index contributed by atoms with van der Waals surface area (Å²) >= 11 is 7.94. The molecule has 0 unspecified atom stereocenters. The average molecular weight is 865 g/mol. The summed E-state index contributed by atoms with van der Waals surface area (Å²) in [4.78, 5) is 33.0. The van der Waals surface area contributed by atoms with Crippen LogP contribution in [0, 0.1) is 39.9 Å². The van der Waals surface area contributed by atoms with E-state index in [1.54, 1.807) is 18.1 Å². The molecule has 0 bridgehead atoms. The number of nitrogen functional groups attached to an aromatic ring is 1. The molecule has 1 spiro atoms. The number of methoxy groups -OCH3 is 1. The maximum Gasteiger partial charge on any atom is 0.346 e. The minimum atomic E-state index is -1.000. The van der Waals surface area contributed by atoms with Crippen molar-refractivity contribution in [1.29, 1.82) is 5.26 Å². The molecule has 2 aromatic carbocycles. The normalized spacial score (nSPS) is 27.1. The summed E-state index contributed by atoms with van der Waals surface area (Å²) in [7, 11) is 1.63. The molecule has 7 heterocycles. The molecule has 1 aliphatic carbocycles. The molecule has 5 fully saturated rings. The summed E-state index contributed by atoms with van der Waals surface area (Å²) in [6, 6.07) is 5.19. The van der Waals surface area contributed by atoms with E-state index >= 15 is 8.78 Å². The summed E-state index contributed by atoms with van der Waals surface area (Å²) in [5, 5.41) is 14.2. The van der Waals surface area contributed by atoms with E-state index in [0.717, 1.165) is 61.0 Å². The van der Waals surface area contributed by atoms with Gasteiger partial charge in [-0.25, -0.2) is 18.0 Å². The predicted octanol–water partition coefficient (Wildman–Crippen LogP) is 7.34. The number of piperidine rings is 1. The zero-order valence-electron chi connectivity index (χ0n) is 32.9. The Bertz CT molecular complexity index is 2640. The van der Waals surface area contributed by atoms with E-state index in [4.69, 9.17) is 31.8 Å². The van der Waals surface area contributed by atoms with Gasteiger partial charge in [0.05, 0.1) is 33.5 Å². The van der Waals surface area contributed by atoms with Crippen LogP contribution in [0.15, 0.2) is 24.5 Å². The summed E-state index contributed by atoms with van der Waals surface area (Å²) in [6.45, 7) is 4.38. The zero-order valence-corrected chi connectivity index (χ0v) is 34.4. The highest BCUT2D eigenvalue weighted by Gasteiger charge is 2.68.